The molecule has 6 heteroatoms. The Morgan fingerprint density at radius 3 is 2.89 bits per heavy atom. The van der Waals surface area contributed by atoms with Crippen molar-refractivity contribution in [1.82, 2.24) is 10.0 Å². The van der Waals surface area contributed by atoms with Gasteiger partial charge in [0.05, 0.1) is 6.26 Å². The molecule has 0 bridgehead atoms. The van der Waals surface area contributed by atoms with Crippen LogP contribution < -0.4 is 10.0 Å². The van der Waals surface area contributed by atoms with Crippen molar-refractivity contribution in [3.8, 4) is 0 Å². The molecule has 0 fully saturated rings. The van der Waals surface area contributed by atoms with Gasteiger partial charge in [-0.05, 0) is 43.0 Å². The van der Waals surface area contributed by atoms with Crippen LogP contribution in [0.25, 0.3) is 0 Å². The van der Waals surface area contributed by atoms with Crippen LogP contribution in [0.3, 0.4) is 0 Å². The molecule has 0 aliphatic heterocycles. The number of sulfonamides is 1. The van der Waals surface area contributed by atoms with Crippen molar-refractivity contribution < 1.29 is 8.42 Å². The van der Waals surface area contributed by atoms with Crippen molar-refractivity contribution in [2.75, 3.05) is 19.3 Å². The van der Waals surface area contributed by atoms with Gasteiger partial charge < -0.3 is 5.32 Å². The van der Waals surface area contributed by atoms with Crippen LogP contribution in [0.5, 0.6) is 0 Å². The summed E-state index contributed by atoms with van der Waals surface area (Å²) in [6.45, 7) is 1.31. The van der Waals surface area contributed by atoms with E-state index in [0.29, 0.717) is 12.6 Å². The lowest BCUT2D eigenvalue weighted by Crippen LogP contribution is -2.27. The smallest absolute Gasteiger partial charge is 0.208 e. The summed E-state index contributed by atoms with van der Waals surface area (Å²) >= 11 is 3.59. The van der Waals surface area contributed by atoms with Crippen LogP contribution >= 0.6 is 15.9 Å². The van der Waals surface area contributed by atoms with Crippen LogP contribution in [0.1, 0.15) is 30.0 Å². The highest BCUT2D eigenvalue weighted by atomic mass is 79.9. The molecule has 19 heavy (non-hydrogen) atoms. The molecule has 2 rings (SSSR count). The molecule has 1 aliphatic rings. The maximum Gasteiger partial charge on any atom is 0.208 e. The third kappa shape index (κ3) is 4.27. The van der Waals surface area contributed by atoms with Gasteiger partial charge in [-0.3, -0.25) is 0 Å². The predicted octanol–water partition coefficient (Wildman–Crippen LogP) is 1.97. The molecule has 0 heterocycles. The van der Waals surface area contributed by atoms with E-state index < -0.39 is 10.0 Å². The van der Waals surface area contributed by atoms with E-state index in [2.05, 4.69) is 44.2 Å². The third-order valence-corrected chi connectivity index (χ3v) is 4.79. The second-order valence-corrected chi connectivity index (χ2v) is 7.56. The molecule has 0 amide bonds. The standard InChI is InChI=1S/C13H19BrN2O2S/c1-19(17,18)16-9-3-8-15-13-7-6-10-11(13)4-2-5-12(10)14/h2,4-5,13,15-16H,3,6-9H2,1H3/t13-/m0/s1. The number of hydrogen-bond acceptors (Lipinski definition) is 3. The summed E-state index contributed by atoms with van der Waals surface area (Å²) in [6, 6.07) is 6.70. The highest BCUT2D eigenvalue weighted by Gasteiger charge is 2.22. The zero-order valence-electron chi connectivity index (χ0n) is 10.9. The quantitative estimate of drug-likeness (QED) is 0.774. The minimum absolute atomic E-state index is 0.394. The van der Waals surface area contributed by atoms with Gasteiger partial charge in [0.25, 0.3) is 0 Å². The summed E-state index contributed by atoms with van der Waals surface area (Å²) in [6.07, 6.45) is 4.19. The Hall–Kier alpha value is -0.430. The van der Waals surface area contributed by atoms with Gasteiger partial charge in [-0.2, -0.15) is 0 Å². The molecule has 1 aliphatic carbocycles. The molecule has 1 aromatic carbocycles. The van der Waals surface area contributed by atoms with Gasteiger partial charge >= 0.3 is 0 Å². The molecule has 0 saturated heterocycles. The van der Waals surface area contributed by atoms with E-state index in [0.717, 1.165) is 25.8 Å². The first-order valence-electron chi connectivity index (χ1n) is 6.42. The van der Waals surface area contributed by atoms with Crippen molar-refractivity contribution >= 4 is 26.0 Å². The summed E-state index contributed by atoms with van der Waals surface area (Å²) in [7, 11) is -3.06. The van der Waals surface area contributed by atoms with Crippen LogP contribution in [0.4, 0.5) is 0 Å². The SMILES string of the molecule is CS(=O)(=O)NCCCN[C@H]1CCc2c(Br)cccc21. The van der Waals surface area contributed by atoms with Crippen molar-refractivity contribution in [3.63, 3.8) is 0 Å². The third-order valence-electron chi connectivity index (χ3n) is 3.32. The van der Waals surface area contributed by atoms with E-state index in [9.17, 15) is 8.42 Å². The Kier molecular flexibility index (Phi) is 5.00. The molecule has 0 aromatic heterocycles. The molecule has 0 spiro atoms. The van der Waals surface area contributed by atoms with Crippen molar-refractivity contribution in [3.05, 3.63) is 33.8 Å². The van der Waals surface area contributed by atoms with Gasteiger partial charge in [0.15, 0.2) is 0 Å². The maximum atomic E-state index is 10.9. The topological polar surface area (TPSA) is 58.2 Å². The summed E-state index contributed by atoms with van der Waals surface area (Å²) in [5.74, 6) is 0. The maximum absolute atomic E-state index is 10.9. The summed E-state index contributed by atoms with van der Waals surface area (Å²) in [4.78, 5) is 0. The van der Waals surface area contributed by atoms with Crippen LogP contribution in [0, 0.1) is 0 Å². The number of halogens is 1. The normalized spacial score (nSPS) is 18.5. The van der Waals surface area contributed by atoms with Crippen LogP contribution in [0.15, 0.2) is 22.7 Å². The predicted molar refractivity (Wildman–Crippen MR) is 80.7 cm³/mol. The van der Waals surface area contributed by atoms with Crippen molar-refractivity contribution in [2.24, 2.45) is 0 Å². The largest absolute Gasteiger partial charge is 0.310 e. The second-order valence-electron chi connectivity index (χ2n) is 4.87. The average Bonchev–Trinajstić information content (AvgIpc) is 2.72. The molecule has 0 radical (unpaired) electrons. The molecule has 2 N–H and O–H groups in total. The molecular weight excluding hydrogens is 328 g/mol. The lowest BCUT2D eigenvalue weighted by atomic mass is 10.1. The van der Waals surface area contributed by atoms with Crippen molar-refractivity contribution in [1.29, 1.82) is 0 Å². The summed E-state index contributed by atoms with van der Waals surface area (Å²) in [5, 5.41) is 3.50. The first-order chi connectivity index (χ1) is 8.97. The van der Waals surface area contributed by atoms with E-state index in [1.807, 2.05) is 0 Å². The van der Waals surface area contributed by atoms with E-state index in [-0.39, 0.29) is 0 Å². The van der Waals surface area contributed by atoms with E-state index in [1.54, 1.807) is 0 Å². The monoisotopic (exact) mass is 346 g/mol. The molecule has 1 atom stereocenters. The first-order valence-corrected chi connectivity index (χ1v) is 9.11. The molecule has 106 valence electrons. The number of fused-ring (bicyclic) bond motifs is 1. The molecule has 0 saturated carbocycles. The van der Waals surface area contributed by atoms with Gasteiger partial charge in [-0.1, -0.05) is 28.1 Å². The fourth-order valence-corrected chi connectivity index (χ4v) is 3.54. The fourth-order valence-electron chi connectivity index (χ4n) is 2.44. The number of rotatable bonds is 6. The molecule has 1 aromatic rings. The van der Waals surface area contributed by atoms with Crippen LogP contribution in [-0.2, 0) is 16.4 Å². The summed E-state index contributed by atoms with van der Waals surface area (Å²) in [5.41, 5.74) is 2.76. The highest BCUT2D eigenvalue weighted by molar-refractivity contribution is 9.10. The number of benzene rings is 1. The zero-order chi connectivity index (χ0) is 13.9. The number of hydrogen-bond donors (Lipinski definition) is 2. The van der Waals surface area contributed by atoms with E-state index in [4.69, 9.17) is 0 Å². The molecule has 4 nitrogen and oxygen atoms in total. The Morgan fingerprint density at radius 1 is 1.37 bits per heavy atom. The minimum Gasteiger partial charge on any atom is -0.310 e. The number of nitrogens with one attached hydrogen (secondary N) is 2. The average molecular weight is 347 g/mol. The molecular formula is C13H19BrN2O2S. The van der Waals surface area contributed by atoms with Crippen LogP contribution in [0.2, 0.25) is 0 Å². The Balaban J connectivity index is 1.79. The summed E-state index contributed by atoms with van der Waals surface area (Å²) < 4.78 is 25.5. The van der Waals surface area contributed by atoms with Crippen molar-refractivity contribution in [2.45, 2.75) is 25.3 Å². The highest BCUT2D eigenvalue weighted by Crippen LogP contribution is 2.35. The second kappa shape index (κ2) is 6.35. The fraction of sp³-hybridized carbons (Fsp3) is 0.538. The molecule has 0 unspecified atom stereocenters. The Labute approximate surface area is 123 Å². The lowest BCUT2D eigenvalue weighted by molar-refractivity contribution is 0.517. The lowest BCUT2D eigenvalue weighted by Gasteiger charge is -2.14. The van der Waals surface area contributed by atoms with E-state index >= 15 is 0 Å². The van der Waals surface area contributed by atoms with Crippen LogP contribution in [-0.4, -0.2) is 27.8 Å². The Bertz CT molecular complexity index is 546. The van der Waals surface area contributed by atoms with Gasteiger partial charge in [-0.15, -0.1) is 0 Å². The van der Waals surface area contributed by atoms with Gasteiger partial charge in [0.2, 0.25) is 10.0 Å². The van der Waals surface area contributed by atoms with E-state index in [1.165, 1.54) is 21.9 Å². The first kappa shape index (κ1) is 15.0. The zero-order valence-corrected chi connectivity index (χ0v) is 13.4. The van der Waals surface area contributed by atoms with Gasteiger partial charge in [0, 0.05) is 17.1 Å². The van der Waals surface area contributed by atoms with Gasteiger partial charge in [0.1, 0.15) is 0 Å². The van der Waals surface area contributed by atoms with Gasteiger partial charge in [-0.25, -0.2) is 13.1 Å². The Morgan fingerprint density at radius 2 is 2.16 bits per heavy atom. The minimum atomic E-state index is -3.06.